The Bertz CT molecular complexity index is 1120. The molecular weight excluding hydrogens is 524 g/mol. The molecule has 3 fully saturated rings. The first-order chi connectivity index (χ1) is 19.4. The van der Waals surface area contributed by atoms with Gasteiger partial charge in [0.25, 0.3) is 0 Å². The van der Waals surface area contributed by atoms with Crippen LogP contribution in [0, 0.1) is 11.8 Å². The summed E-state index contributed by atoms with van der Waals surface area (Å²) in [5.41, 5.74) is -0.425. The number of carbonyl (C=O) groups excluding carboxylic acids is 3. The van der Waals surface area contributed by atoms with Gasteiger partial charge < -0.3 is 25.2 Å². The SMILES string of the molecule is CCCN(CCC)CCN1C(=O)[C@@H]2[C@H](C(=O)Nc3cccc(SC)c3)[C@@H]3C=C[C@@]2(O3)[C@H]1C(=O)NC1CCCCC1. The van der Waals surface area contributed by atoms with Crippen molar-refractivity contribution in [3.63, 3.8) is 0 Å². The van der Waals surface area contributed by atoms with E-state index in [1.807, 2.05) is 42.7 Å². The lowest BCUT2D eigenvalue weighted by Gasteiger charge is -2.35. The van der Waals surface area contributed by atoms with E-state index in [2.05, 4.69) is 29.4 Å². The molecule has 1 saturated carbocycles. The Morgan fingerprint density at radius 2 is 1.85 bits per heavy atom. The van der Waals surface area contributed by atoms with Crippen molar-refractivity contribution in [1.29, 1.82) is 0 Å². The standard InChI is InChI=1S/C31H44N4O4S/c1-4-16-34(17-5-2)18-19-35-27(29(37)32-21-10-7-6-8-11-21)31-15-14-24(39-31)25(26(31)30(35)38)28(36)33-22-12-9-13-23(20-22)40-3/h9,12-15,20-21,24-27H,4-8,10-11,16-19H2,1-3H3,(H,32,37)(H,33,36)/t24-,25+,26-,27+,31-/m0/s1. The highest BCUT2D eigenvalue weighted by Crippen LogP contribution is 2.55. The van der Waals surface area contributed by atoms with Crippen molar-refractivity contribution >= 4 is 35.2 Å². The monoisotopic (exact) mass is 568 g/mol. The first-order valence-electron chi connectivity index (χ1n) is 15.1. The molecule has 1 aliphatic carbocycles. The second-order valence-electron chi connectivity index (χ2n) is 11.6. The van der Waals surface area contributed by atoms with Gasteiger partial charge in [-0.2, -0.15) is 0 Å². The van der Waals surface area contributed by atoms with Crippen LogP contribution in [-0.4, -0.2) is 83.7 Å². The Kier molecular flexibility index (Phi) is 9.22. The Balaban J connectivity index is 1.41. The molecule has 9 heteroatoms. The zero-order chi connectivity index (χ0) is 28.3. The van der Waals surface area contributed by atoms with Gasteiger partial charge in [-0.15, -0.1) is 11.8 Å². The van der Waals surface area contributed by atoms with Gasteiger partial charge in [-0.3, -0.25) is 14.4 Å². The summed E-state index contributed by atoms with van der Waals surface area (Å²) in [6, 6.07) is 7.03. The fraction of sp³-hybridized carbons (Fsp3) is 0.645. The molecule has 8 nitrogen and oxygen atoms in total. The van der Waals surface area contributed by atoms with Crippen LogP contribution < -0.4 is 10.6 Å². The fourth-order valence-corrected chi connectivity index (χ4v) is 7.64. The van der Waals surface area contributed by atoms with Gasteiger partial charge in [0.2, 0.25) is 17.7 Å². The number of nitrogens with zero attached hydrogens (tertiary/aromatic N) is 2. The molecule has 3 amide bonds. The van der Waals surface area contributed by atoms with Gasteiger partial charge in [-0.05, 0) is 63.2 Å². The van der Waals surface area contributed by atoms with E-state index in [1.165, 1.54) is 6.42 Å². The summed E-state index contributed by atoms with van der Waals surface area (Å²) in [4.78, 5) is 47.0. The first kappa shape index (κ1) is 29.1. The Hall–Kier alpha value is -2.36. The number of rotatable bonds is 12. The van der Waals surface area contributed by atoms with E-state index >= 15 is 0 Å². The van der Waals surface area contributed by atoms with Gasteiger partial charge in [-0.1, -0.05) is 51.3 Å². The van der Waals surface area contributed by atoms with Gasteiger partial charge in [0.05, 0.1) is 17.9 Å². The summed E-state index contributed by atoms with van der Waals surface area (Å²) in [6.45, 7) is 7.33. The average Bonchev–Trinajstić information content (AvgIpc) is 3.60. The molecule has 0 aromatic heterocycles. The van der Waals surface area contributed by atoms with Crippen molar-refractivity contribution in [3.05, 3.63) is 36.4 Å². The highest BCUT2D eigenvalue weighted by molar-refractivity contribution is 7.98. The Labute approximate surface area is 242 Å². The minimum absolute atomic E-state index is 0.121. The second kappa shape index (κ2) is 12.7. The first-order valence-corrected chi connectivity index (χ1v) is 16.3. The molecule has 1 spiro atoms. The van der Waals surface area contributed by atoms with Gasteiger partial charge in [0.1, 0.15) is 11.6 Å². The topological polar surface area (TPSA) is 91.0 Å². The van der Waals surface area contributed by atoms with E-state index in [1.54, 1.807) is 16.7 Å². The molecule has 218 valence electrons. The molecule has 2 bridgehead atoms. The highest BCUT2D eigenvalue weighted by atomic mass is 32.2. The van der Waals surface area contributed by atoms with Gasteiger partial charge in [0, 0.05) is 29.7 Å². The maximum Gasteiger partial charge on any atom is 0.246 e. The second-order valence-corrected chi connectivity index (χ2v) is 12.5. The van der Waals surface area contributed by atoms with Crippen LogP contribution in [0.15, 0.2) is 41.3 Å². The molecule has 3 heterocycles. The molecule has 1 aromatic rings. The lowest BCUT2D eigenvalue weighted by Crippen LogP contribution is -2.57. The maximum atomic E-state index is 14.2. The van der Waals surface area contributed by atoms with Crippen LogP contribution in [0.3, 0.4) is 0 Å². The van der Waals surface area contributed by atoms with Crippen LogP contribution in [0.1, 0.15) is 58.8 Å². The lowest BCUT2D eigenvalue weighted by molar-refractivity contribution is -0.141. The smallest absolute Gasteiger partial charge is 0.246 e. The summed E-state index contributed by atoms with van der Waals surface area (Å²) in [6.07, 6.45) is 12.6. The van der Waals surface area contributed by atoms with Crippen molar-refractivity contribution in [2.75, 3.05) is 37.8 Å². The quantitative estimate of drug-likeness (QED) is 0.292. The van der Waals surface area contributed by atoms with E-state index in [0.717, 1.165) is 56.5 Å². The molecule has 5 atom stereocenters. The van der Waals surface area contributed by atoms with Gasteiger partial charge in [-0.25, -0.2) is 0 Å². The third-order valence-corrected chi connectivity index (χ3v) is 9.68. The van der Waals surface area contributed by atoms with Crippen LogP contribution in [0.25, 0.3) is 0 Å². The van der Waals surface area contributed by atoms with Crippen LogP contribution in [0.4, 0.5) is 5.69 Å². The van der Waals surface area contributed by atoms with Gasteiger partial charge >= 0.3 is 0 Å². The molecule has 3 aliphatic heterocycles. The number of amides is 3. The number of fused-ring (bicyclic) bond motifs is 1. The number of benzene rings is 1. The van der Waals surface area contributed by atoms with E-state index in [9.17, 15) is 14.4 Å². The molecule has 40 heavy (non-hydrogen) atoms. The molecule has 0 radical (unpaired) electrons. The molecule has 2 N–H and O–H groups in total. The third kappa shape index (κ3) is 5.57. The third-order valence-electron chi connectivity index (χ3n) is 8.95. The van der Waals surface area contributed by atoms with Crippen LogP contribution in [0.2, 0.25) is 0 Å². The van der Waals surface area contributed by atoms with Gasteiger partial charge in [0.15, 0.2) is 0 Å². The summed E-state index contributed by atoms with van der Waals surface area (Å²) in [7, 11) is 0. The molecule has 1 aromatic carbocycles. The molecule has 0 unspecified atom stereocenters. The number of hydrogen-bond donors (Lipinski definition) is 2. The van der Waals surface area contributed by atoms with Crippen molar-refractivity contribution in [1.82, 2.24) is 15.1 Å². The number of anilines is 1. The van der Waals surface area contributed by atoms with Crippen molar-refractivity contribution in [3.8, 4) is 0 Å². The summed E-state index contributed by atoms with van der Waals surface area (Å²) in [5.74, 6) is -1.95. The van der Waals surface area contributed by atoms with E-state index in [4.69, 9.17) is 4.74 Å². The summed E-state index contributed by atoms with van der Waals surface area (Å²) >= 11 is 1.61. The van der Waals surface area contributed by atoms with Crippen LogP contribution in [0.5, 0.6) is 0 Å². The Morgan fingerprint density at radius 3 is 2.55 bits per heavy atom. The average molecular weight is 569 g/mol. The number of likely N-dealkylation sites (tertiary alicyclic amines) is 1. The molecule has 4 aliphatic rings. The van der Waals surface area contributed by atoms with E-state index in [0.29, 0.717) is 18.8 Å². The van der Waals surface area contributed by atoms with Crippen LogP contribution in [-0.2, 0) is 19.1 Å². The normalized spacial score (nSPS) is 29.3. The van der Waals surface area contributed by atoms with E-state index < -0.39 is 29.6 Å². The van der Waals surface area contributed by atoms with Crippen molar-refractivity contribution in [2.45, 2.75) is 87.5 Å². The highest BCUT2D eigenvalue weighted by Gasteiger charge is 2.72. The largest absolute Gasteiger partial charge is 0.359 e. The molecular formula is C31H44N4O4S. The number of nitrogens with one attached hydrogen (secondary N) is 2. The zero-order valence-electron chi connectivity index (χ0n) is 24.1. The fourth-order valence-electron chi connectivity index (χ4n) is 7.18. The van der Waals surface area contributed by atoms with Crippen molar-refractivity contribution in [2.24, 2.45) is 11.8 Å². The predicted octanol–water partition coefficient (Wildman–Crippen LogP) is 4.07. The number of ether oxygens (including phenoxy) is 1. The summed E-state index contributed by atoms with van der Waals surface area (Å²) < 4.78 is 6.51. The maximum absolute atomic E-state index is 14.2. The van der Waals surface area contributed by atoms with Crippen LogP contribution >= 0.6 is 11.8 Å². The predicted molar refractivity (Wildman–Crippen MR) is 158 cm³/mol. The number of hydrogen-bond acceptors (Lipinski definition) is 6. The Morgan fingerprint density at radius 1 is 1.10 bits per heavy atom. The minimum atomic E-state index is -1.12. The summed E-state index contributed by atoms with van der Waals surface area (Å²) in [5, 5.41) is 6.31. The van der Waals surface area contributed by atoms with Crippen molar-refractivity contribution < 1.29 is 19.1 Å². The molecule has 5 rings (SSSR count). The van der Waals surface area contributed by atoms with E-state index in [-0.39, 0.29) is 23.8 Å². The number of thioether (sulfide) groups is 1. The number of carbonyl (C=O) groups is 3. The zero-order valence-corrected chi connectivity index (χ0v) is 24.9. The lowest BCUT2D eigenvalue weighted by atomic mass is 9.74. The minimum Gasteiger partial charge on any atom is -0.359 e. The molecule has 2 saturated heterocycles.